The van der Waals surface area contributed by atoms with Gasteiger partial charge >= 0.3 is 0 Å². The maximum Gasteiger partial charge on any atom is 0.162 e. The average molecular weight is 304 g/mol. The predicted molar refractivity (Wildman–Crippen MR) is 66.7 cm³/mol. The van der Waals surface area contributed by atoms with Crippen LogP contribution in [0.15, 0.2) is 10.5 Å². The van der Waals surface area contributed by atoms with E-state index in [1.165, 1.54) is 0 Å². The highest BCUT2D eigenvalue weighted by Gasteiger charge is 2.21. The molecule has 1 heterocycles. The lowest BCUT2D eigenvalue weighted by molar-refractivity contribution is 0.359. The normalized spacial score (nSPS) is 20.5. The second kappa shape index (κ2) is 5.23. The summed E-state index contributed by atoms with van der Waals surface area (Å²) in [4.78, 5) is 0. The van der Waals surface area contributed by atoms with Gasteiger partial charge in [-0.2, -0.15) is 0 Å². The lowest BCUT2D eigenvalue weighted by atomic mass is 9.92. The summed E-state index contributed by atoms with van der Waals surface area (Å²) < 4.78 is 13.7. The average Bonchev–Trinajstić information content (AvgIpc) is 2.33. The largest absolute Gasteiger partial charge is 0.504 e. The molecule has 5 heteroatoms. The summed E-state index contributed by atoms with van der Waals surface area (Å²) in [7, 11) is 0. The van der Waals surface area contributed by atoms with E-state index in [0.29, 0.717) is 17.9 Å². The van der Waals surface area contributed by atoms with E-state index in [0.717, 1.165) is 32.0 Å². The van der Waals surface area contributed by atoms with Crippen LogP contribution < -0.4 is 5.32 Å². The molecule has 0 amide bonds. The molecule has 0 bridgehead atoms. The summed E-state index contributed by atoms with van der Waals surface area (Å²) in [5.74, 6) is -0.792. The Bertz CT molecular complexity index is 393. The Labute approximate surface area is 108 Å². The second-order valence-corrected chi connectivity index (χ2v) is 5.23. The fourth-order valence-electron chi connectivity index (χ4n) is 2.23. The summed E-state index contributed by atoms with van der Waals surface area (Å²) in [5, 5.41) is 22.4. The van der Waals surface area contributed by atoms with Gasteiger partial charge in [-0.15, -0.1) is 0 Å². The summed E-state index contributed by atoms with van der Waals surface area (Å²) in [5.41, 5.74) is 0.455. The Morgan fingerprint density at radius 3 is 2.88 bits per heavy atom. The van der Waals surface area contributed by atoms with Crippen molar-refractivity contribution in [1.29, 1.82) is 0 Å². The molecule has 1 atom stereocenters. The molecule has 3 N–H and O–H groups in total. The molecule has 0 spiro atoms. The van der Waals surface area contributed by atoms with Gasteiger partial charge in [0.15, 0.2) is 11.5 Å². The standard InChI is InChI=1S/C12H15BrFNO2/c13-11-8(4-7-2-1-3-15-6-7)12(17)10(16)5-9(11)14/h5,7,15-17H,1-4,6H2. The zero-order valence-electron chi connectivity index (χ0n) is 9.34. The minimum Gasteiger partial charge on any atom is -0.504 e. The van der Waals surface area contributed by atoms with E-state index in [1.54, 1.807) is 0 Å². The summed E-state index contributed by atoms with van der Waals surface area (Å²) >= 11 is 3.13. The Morgan fingerprint density at radius 1 is 1.47 bits per heavy atom. The Kier molecular flexibility index (Phi) is 3.89. The minimum absolute atomic E-state index is 0.219. The van der Waals surface area contributed by atoms with Crippen LogP contribution >= 0.6 is 15.9 Å². The number of phenols is 2. The molecule has 1 fully saturated rings. The fourth-order valence-corrected chi connectivity index (χ4v) is 2.69. The number of hydrogen-bond donors (Lipinski definition) is 3. The van der Waals surface area contributed by atoms with Crippen molar-refractivity contribution < 1.29 is 14.6 Å². The van der Waals surface area contributed by atoms with Gasteiger partial charge in [-0.1, -0.05) is 0 Å². The molecule has 0 saturated carbocycles. The number of benzene rings is 1. The quantitative estimate of drug-likeness (QED) is 0.736. The van der Waals surface area contributed by atoms with Crippen molar-refractivity contribution in [2.75, 3.05) is 13.1 Å². The van der Waals surface area contributed by atoms with E-state index in [1.807, 2.05) is 0 Å². The summed E-state index contributed by atoms with van der Waals surface area (Å²) in [6.07, 6.45) is 2.70. The molecule has 94 valence electrons. The first-order chi connectivity index (χ1) is 8.09. The molecule has 1 aliphatic rings. The van der Waals surface area contributed by atoms with Crippen molar-refractivity contribution in [2.45, 2.75) is 19.3 Å². The lowest BCUT2D eigenvalue weighted by Crippen LogP contribution is -2.30. The van der Waals surface area contributed by atoms with Crippen LogP contribution in [0.4, 0.5) is 4.39 Å². The highest BCUT2D eigenvalue weighted by Crippen LogP contribution is 2.38. The van der Waals surface area contributed by atoms with Gasteiger partial charge in [-0.3, -0.25) is 0 Å². The van der Waals surface area contributed by atoms with Crippen LogP contribution in [0.1, 0.15) is 18.4 Å². The number of piperidine rings is 1. The third-order valence-electron chi connectivity index (χ3n) is 3.16. The van der Waals surface area contributed by atoms with Crippen LogP contribution in [-0.4, -0.2) is 23.3 Å². The first kappa shape index (κ1) is 12.6. The molecule has 1 unspecified atom stereocenters. The van der Waals surface area contributed by atoms with E-state index in [4.69, 9.17) is 0 Å². The molecule has 0 aliphatic carbocycles. The molecule has 0 aromatic heterocycles. The van der Waals surface area contributed by atoms with E-state index >= 15 is 0 Å². The number of aromatic hydroxyl groups is 2. The Hall–Kier alpha value is -0.810. The van der Waals surface area contributed by atoms with Gasteiger partial charge in [0.2, 0.25) is 0 Å². The smallest absolute Gasteiger partial charge is 0.162 e. The predicted octanol–water partition coefficient (Wildman–Crippen LogP) is 2.54. The lowest BCUT2D eigenvalue weighted by Gasteiger charge is -2.23. The third kappa shape index (κ3) is 2.72. The monoisotopic (exact) mass is 303 g/mol. The number of rotatable bonds is 2. The van der Waals surface area contributed by atoms with Gasteiger partial charge in [-0.05, 0) is 54.2 Å². The van der Waals surface area contributed by atoms with Crippen LogP contribution in [0.5, 0.6) is 11.5 Å². The molecular formula is C12H15BrFNO2. The SMILES string of the molecule is Oc1cc(F)c(Br)c(CC2CCCNC2)c1O. The van der Waals surface area contributed by atoms with Gasteiger partial charge in [0, 0.05) is 11.6 Å². The molecule has 2 rings (SSSR count). The topological polar surface area (TPSA) is 52.5 Å². The third-order valence-corrected chi connectivity index (χ3v) is 4.02. The first-order valence-electron chi connectivity index (χ1n) is 5.69. The molecule has 1 saturated heterocycles. The minimum atomic E-state index is -0.543. The Balaban J connectivity index is 2.24. The molecule has 17 heavy (non-hydrogen) atoms. The summed E-state index contributed by atoms with van der Waals surface area (Å²) in [6, 6.07) is 0.919. The van der Waals surface area contributed by atoms with Crippen LogP contribution in [0.2, 0.25) is 0 Å². The van der Waals surface area contributed by atoms with Gasteiger partial charge < -0.3 is 15.5 Å². The zero-order chi connectivity index (χ0) is 12.4. The molecular weight excluding hydrogens is 289 g/mol. The van der Waals surface area contributed by atoms with Crippen molar-refractivity contribution in [1.82, 2.24) is 5.32 Å². The van der Waals surface area contributed by atoms with Crippen molar-refractivity contribution in [3.63, 3.8) is 0 Å². The van der Waals surface area contributed by atoms with E-state index in [9.17, 15) is 14.6 Å². The van der Waals surface area contributed by atoms with E-state index in [-0.39, 0.29) is 10.2 Å². The highest BCUT2D eigenvalue weighted by atomic mass is 79.9. The highest BCUT2D eigenvalue weighted by molar-refractivity contribution is 9.10. The van der Waals surface area contributed by atoms with Crippen LogP contribution in [0, 0.1) is 11.7 Å². The second-order valence-electron chi connectivity index (χ2n) is 4.44. The van der Waals surface area contributed by atoms with Crippen LogP contribution in [0.25, 0.3) is 0 Å². The first-order valence-corrected chi connectivity index (χ1v) is 6.48. The molecule has 0 radical (unpaired) electrons. The van der Waals surface area contributed by atoms with Crippen molar-refractivity contribution in [3.8, 4) is 11.5 Å². The maximum absolute atomic E-state index is 13.4. The zero-order valence-corrected chi connectivity index (χ0v) is 10.9. The molecule has 1 aliphatic heterocycles. The van der Waals surface area contributed by atoms with Crippen molar-refractivity contribution >= 4 is 15.9 Å². The Morgan fingerprint density at radius 2 is 2.24 bits per heavy atom. The molecule has 1 aromatic carbocycles. The number of nitrogens with one attached hydrogen (secondary N) is 1. The maximum atomic E-state index is 13.4. The van der Waals surface area contributed by atoms with Crippen LogP contribution in [0.3, 0.4) is 0 Å². The van der Waals surface area contributed by atoms with Gasteiger partial charge in [0.25, 0.3) is 0 Å². The van der Waals surface area contributed by atoms with Gasteiger partial charge in [0.1, 0.15) is 5.82 Å². The van der Waals surface area contributed by atoms with Crippen LogP contribution in [-0.2, 0) is 6.42 Å². The molecule has 3 nitrogen and oxygen atoms in total. The number of phenolic OH excluding ortho intramolecular Hbond substituents is 2. The van der Waals surface area contributed by atoms with Gasteiger partial charge in [0.05, 0.1) is 4.47 Å². The van der Waals surface area contributed by atoms with E-state index in [2.05, 4.69) is 21.2 Å². The van der Waals surface area contributed by atoms with Crippen molar-refractivity contribution in [3.05, 3.63) is 21.9 Å². The summed E-state index contributed by atoms with van der Waals surface area (Å²) in [6.45, 7) is 1.88. The van der Waals surface area contributed by atoms with Gasteiger partial charge in [-0.25, -0.2) is 4.39 Å². The fraction of sp³-hybridized carbons (Fsp3) is 0.500. The number of hydrogen-bond acceptors (Lipinski definition) is 3. The molecule has 1 aromatic rings. The van der Waals surface area contributed by atoms with E-state index < -0.39 is 11.6 Å². The number of halogens is 2. The van der Waals surface area contributed by atoms with Crippen molar-refractivity contribution in [2.24, 2.45) is 5.92 Å².